The largest absolute Gasteiger partial charge is 0.467 e. The van der Waals surface area contributed by atoms with Gasteiger partial charge in [-0.05, 0) is 47.2 Å². The molecule has 1 N–H and O–H groups in total. The Morgan fingerprint density at radius 3 is 2.23 bits per heavy atom. The lowest BCUT2D eigenvalue weighted by Crippen LogP contribution is -2.32. The second-order valence-corrected chi connectivity index (χ2v) is 8.07. The van der Waals surface area contributed by atoms with Crippen molar-refractivity contribution in [1.82, 2.24) is 10.2 Å². The molecule has 1 aromatic heterocycles. The minimum absolute atomic E-state index is 0.0781. The van der Waals surface area contributed by atoms with Gasteiger partial charge in [0.25, 0.3) is 5.91 Å². The van der Waals surface area contributed by atoms with Crippen molar-refractivity contribution in [2.45, 2.75) is 39.3 Å². The van der Waals surface area contributed by atoms with E-state index in [1.54, 1.807) is 25.4 Å². The lowest BCUT2D eigenvalue weighted by atomic mass is 9.85. The smallest absolute Gasteiger partial charge is 0.251 e. The predicted octanol–water partition coefficient (Wildman–Crippen LogP) is 5.00. The fraction of sp³-hybridized carbons (Fsp3) is 0.308. The average Bonchev–Trinajstić information content (AvgIpc) is 3.30. The quantitative estimate of drug-likeness (QED) is 0.532. The average molecular weight is 419 g/mol. The molecule has 1 heterocycles. The summed E-state index contributed by atoms with van der Waals surface area (Å²) in [6.45, 7) is 5.16. The first-order valence-corrected chi connectivity index (χ1v) is 10.6. The minimum atomic E-state index is -0.127. The Bertz CT molecular complexity index is 964. The van der Waals surface area contributed by atoms with E-state index >= 15 is 0 Å². The van der Waals surface area contributed by atoms with Gasteiger partial charge in [0.05, 0.1) is 12.8 Å². The fourth-order valence-electron chi connectivity index (χ4n) is 3.71. The molecule has 0 aliphatic heterocycles. The standard InChI is InChI=1S/C26H30N2O3/c1-19(2)24(21-8-5-4-6-9-21)16-25(29)28(18-23-10-7-15-31-23)17-20-11-13-22(14-12-20)26(30)27-3/h4-15,19,24H,16-18H2,1-3H3,(H,27,30). The molecule has 0 spiro atoms. The number of amides is 2. The molecular formula is C26H30N2O3. The van der Waals surface area contributed by atoms with Gasteiger partial charge in [0.15, 0.2) is 0 Å². The third-order valence-corrected chi connectivity index (χ3v) is 5.52. The molecule has 0 aliphatic carbocycles. The van der Waals surface area contributed by atoms with E-state index in [9.17, 15) is 9.59 Å². The summed E-state index contributed by atoms with van der Waals surface area (Å²) in [7, 11) is 1.61. The molecule has 0 bridgehead atoms. The maximum atomic E-state index is 13.4. The van der Waals surface area contributed by atoms with E-state index in [0.29, 0.717) is 31.0 Å². The molecule has 3 rings (SSSR count). The van der Waals surface area contributed by atoms with Crippen LogP contribution in [0.2, 0.25) is 0 Å². The molecule has 2 amide bonds. The van der Waals surface area contributed by atoms with Crippen molar-refractivity contribution >= 4 is 11.8 Å². The minimum Gasteiger partial charge on any atom is -0.467 e. The monoisotopic (exact) mass is 418 g/mol. The molecule has 5 nitrogen and oxygen atoms in total. The van der Waals surface area contributed by atoms with Crippen LogP contribution in [0.5, 0.6) is 0 Å². The molecular weight excluding hydrogens is 388 g/mol. The van der Waals surface area contributed by atoms with Gasteiger partial charge in [0.1, 0.15) is 5.76 Å². The molecule has 0 saturated heterocycles. The van der Waals surface area contributed by atoms with E-state index in [4.69, 9.17) is 4.42 Å². The Labute approximate surface area is 184 Å². The zero-order valence-corrected chi connectivity index (χ0v) is 18.4. The molecule has 0 radical (unpaired) electrons. The molecule has 0 aliphatic rings. The van der Waals surface area contributed by atoms with Gasteiger partial charge in [0, 0.05) is 25.6 Å². The Kier molecular flexibility index (Phi) is 7.65. The SMILES string of the molecule is CNC(=O)c1ccc(CN(Cc2ccco2)C(=O)CC(c2ccccc2)C(C)C)cc1. The van der Waals surface area contributed by atoms with Crippen LogP contribution < -0.4 is 5.32 Å². The summed E-state index contributed by atoms with van der Waals surface area (Å²) in [5, 5.41) is 2.62. The number of nitrogens with one attached hydrogen (secondary N) is 1. The maximum absolute atomic E-state index is 13.4. The number of nitrogens with zero attached hydrogens (tertiary/aromatic N) is 1. The van der Waals surface area contributed by atoms with Crippen LogP contribution in [0.25, 0.3) is 0 Å². The van der Waals surface area contributed by atoms with Crippen molar-refractivity contribution < 1.29 is 14.0 Å². The topological polar surface area (TPSA) is 62.6 Å². The first kappa shape index (κ1) is 22.3. The summed E-state index contributed by atoms with van der Waals surface area (Å²) < 4.78 is 5.51. The zero-order chi connectivity index (χ0) is 22.2. The first-order chi connectivity index (χ1) is 15.0. The number of rotatable bonds is 9. The lowest BCUT2D eigenvalue weighted by molar-refractivity contribution is -0.133. The van der Waals surface area contributed by atoms with Crippen LogP contribution in [0.3, 0.4) is 0 Å². The lowest BCUT2D eigenvalue weighted by Gasteiger charge is -2.27. The van der Waals surface area contributed by atoms with Gasteiger partial charge in [-0.2, -0.15) is 0 Å². The van der Waals surface area contributed by atoms with Crippen LogP contribution in [0.15, 0.2) is 77.4 Å². The normalized spacial score (nSPS) is 11.9. The maximum Gasteiger partial charge on any atom is 0.251 e. The Hall–Kier alpha value is -3.34. The molecule has 1 atom stereocenters. The van der Waals surface area contributed by atoms with Gasteiger partial charge in [-0.25, -0.2) is 0 Å². The molecule has 0 saturated carbocycles. The van der Waals surface area contributed by atoms with Gasteiger partial charge >= 0.3 is 0 Å². The Morgan fingerprint density at radius 1 is 0.935 bits per heavy atom. The third-order valence-electron chi connectivity index (χ3n) is 5.52. The van der Waals surface area contributed by atoms with Crippen LogP contribution in [0.1, 0.15) is 53.4 Å². The highest BCUT2D eigenvalue weighted by molar-refractivity contribution is 5.93. The van der Waals surface area contributed by atoms with Crippen LogP contribution >= 0.6 is 0 Å². The molecule has 1 unspecified atom stereocenters. The molecule has 2 aromatic carbocycles. The van der Waals surface area contributed by atoms with Crippen molar-refractivity contribution in [3.8, 4) is 0 Å². The van der Waals surface area contributed by atoms with Gasteiger partial charge in [-0.1, -0.05) is 56.3 Å². The molecule has 31 heavy (non-hydrogen) atoms. The number of benzene rings is 2. The highest BCUT2D eigenvalue weighted by atomic mass is 16.3. The van der Waals surface area contributed by atoms with Crippen molar-refractivity contribution in [3.05, 3.63) is 95.4 Å². The van der Waals surface area contributed by atoms with Crippen molar-refractivity contribution in [2.24, 2.45) is 5.92 Å². The summed E-state index contributed by atoms with van der Waals surface area (Å²) >= 11 is 0. The third kappa shape index (κ3) is 6.07. The van der Waals surface area contributed by atoms with Crippen LogP contribution in [0.4, 0.5) is 0 Å². The second kappa shape index (κ2) is 10.6. The number of carbonyl (C=O) groups is 2. The summed E-state index contributed by atoms with van der Waals surface area (Å²) in [5.41, 5.74) is 2.74. The predicted molar refractivity (Wildman–Crippen MR) is 121 cm³/mol. The van der Waals surface area contributed by atoms with Crippen LogP contribution in [-0.4, -0.2) is 23.8 Å². The number of carbonyl (C=O) groups excluding carboxylic acids is 2. The molecule has 3 aromatic rings. The van der Waals surface area contributed by atoms with E-state index in [2.05, 4.69) is 31.3 Å². The number of hydrogen-bond donors (Lipinski definition) is 1. The fourth-order valence-corrected chi connectivity index (χ4v) is 3.71. The van der Waals surface area contributed by atoms with Crippen molar-refractivity contribution in [1.29, 1.82) is 0 Å². The van der Waals surface area contributed by atoms with Gasteiger partial charge < -0.3 is 14.6 Å². The Balaban J connectivity index is 1.79. The van der Waals surface area contributed by atoms with Crippen molar-refractivity contribution in [3.63, 3.8) is 0 Å². The van der Waals surface area contributed by atoms with Gasteiger partial charge in [-0.3, -0.25) is 9.59 Å². The van der Waals surface area contributed by atoms with Crippen molar-refractivity contribution in [2.75, 3.05) is 7.05 Å². The number of furan rings is 1. The molecule has 5 heteroatoms. The zero-order valence-electron chi connectivity index (χ0n) is 18.4. The van der Waals surface area contributed by atoms with Crippen LogP contribution in [-0.2, 0) is 17.9 Å². The summed E-state index contributed by atoms with van der Waals surface area (Å²) in [6, 6.07) is 21.3. The highest BCUT2D eigenvalue weighted by Crippen LogP contribution is 2.29. The van der Waals surface area contributed by atoms with E-state index in [-0.39, 0.29) is 17.7 Å². The number of hydrogen-bond acceptors (Lipinski definition) is 3. The van der Waals surface area contributed by atoms with Gasteiger partial charge in [0.2, 0.25) is 5.91 Å². The highest BCUT2D eigenvalue weighted by Gasteiger charge is 2.24. The van der Waals surface area contributed by atoms with E-state index < -0.39 is 0 Å². The first-order valence-electron chi connectivity index (χ1n) is 10.6. The summed E-state index contributed by atoms with van der Waals surface area (Å²) in [5.74, 6) is 1.18. The van der Waals surface area contributed by atoms with Gasteiger partial charge in [-0.15, -0.1) is 0 Å². The van der Waals surface area contributed by atoms with E-state index in [1.165, 1.54) is 5.56 Å². The van der Waals surface area contributed by atoms with Crippen LogP contribution in [0, 0.1) is 5.92 Å². The Morgan fingerprint density at radius 2 is 1.65 bits per heavy atom. The summed E-state index contributed by atoms with van der Waals surface area (Å²) in [4.78, 5) is 27.0. The molecule has 0 fully saturated rings. The molecule has 162 valence electrons. The van der Waals surface area contributed by atoms with E-state index in [1.807, 2.05) is 47.4 Å². The second-order valence-electron chi connectivity index (χ2n) is 8.07. The van der Waals surface area contributed by atoms with E-state index in [0.717, 1.165) is 11.3 Å². The summed E-state index contributed by atoms with van der Waals surface area (Å²) in [6.07, 6.45) is 2.05.